The number of aliphatic hydroxyl groups is 2. The van der Waals surface area contributed by atoms with E-state index in [1.54, 1.807) is 6.92 Å². The van der Waals surface area contributed by atoms with Crippen LogP contribution in [0.4, 0.5) is 0 Å². The number of rotatable bonds is 10. The van der Waals surface area contributed by atoms with E-state index in [0.717, 1.165) is 0 Å². The van der Waals surface area contributed by atoms with E-state index < -0.39 is 70.9 Å². The minimum Gasteiger partial charge on any atom is -0.388 e. The van der Waals surface area contributed by atoms with Crippen LogP contribution < -0.4 is 5.32 Å². The molecule has 0 aromatic rings. The van der Waals surface area contributed by atoms with Crippen molar-refractivity contribution in [2.45, 2.75) is 63.0 Å². The first-order valence-corrected chi connectivity index (χ1v) is 12.6. The third kappa shape index (κ3) is 8.28. The summed E-state index contributed by atoms with van der Waals surface area (Å²) in [5.41, 5.74) is 8.48. The van der Waals surface area contributed by atoms with E-state index in [-0.39, 0.29) is 12.5 Å². The molecule has 186 valence electrons. The lowest BCUT2D eigenvalue weighted by molar-refractivity contribution is -0.183. The van der Waals surface area contributed by atoms with Crippen LogP contribution in [-0.2, 0) is 36.8 Å². The zero-order valence-corrected chi connectivity index (χ0v) is 19.4. The van der Waals surface area contributed by atoms with Crippen molar-refractivity contribution in [1.82, 2.24) is 5.32 Å². The number of aliphatic hydroxyl groups excluding tert-OH is 2. The zero-order chi connectivity index (χ0) is 25.0. The van der Waals surface area contributed by atoms with Crippen LogP contribution in [0.5, 0.6) is 0 Å². The number of carbonyl (C=O) groups is 1. The zero-order valence-electron chi connectivity index (χ0n) is 17.6. The molecule has 2 heterocycles. The maximum atomic E-state index is 12.4. The molecule has 8 unspecified atom stereocenters. The lowest BCUT2D eigenvalue weighted by atomic mass is 9.91. The molecule has 16 nitrogen and oxygen atoms in total. The van der Waals surface area contributed by atoms with Gasteiger partial charge in [-0.2, -0.15) is 4.31 Å². The molecule has 0 spiro atoms. The SMILES string of the molecule is [B][C@@H]1O[C@H](COP(=O)(O)OP(=O)(O)OC2OC(CN=[N+]=[N-])CC(C)C2NC(C)=O)C(O)C1O. The fourth-order valence-corrected chi connectivity index (χ4v) is 5.49. The van der Waals surface area contributed by atoms with E-state index in [0.29, 0.717) is 6.42 Å². The minimum atomic E-state index is -5.34. The normalized spacial score (nSPS) is 38.0. The van der Waals surface area contributed by atoms with Crippen LogP contribution in [0.3, 0.4) is 0 Å². The van der Waals surface area contributed by atoms with Gasteiger partial charge in [0.05, 0.1) is 31.4 Å². The Bertz CT molecular complexity index is 847. The Morgan fingerprint density at radius 3 is 2.48 bits per heavy atom. The van der Waals surface area contributed by atoms with Crippen molar-refractivity contribution in [3.05, 3.63) is 10.4 Å². The van der Waals surface area contributed by atoms with Gasteiger partial charge in [0.25, 0.3) is 0 Å². The van der Waals surface area contributed by atoms with Crippen LogP contribution in [0, 0.1) is 5.92 Å². The molecule has 0 aromatic heterocycles. The van der Waals surface area contributed by atoms with E-state index in [4.69, 9.17) is 27.4 Å². The summed E-state index contributed by atoms with van der Waals surface area (Å²) < 4.78 is 48.7. The van der Waals surface area contributed by atoms with Crippen LogP contribution in [0.25, 0.3) is 10.4 Å². The molecule has 19 heteroatoms. The fourth-order valence-electron chi connectivity index (χ4n) is 3.33. The average Bonchev–Trinajstić information content (AvgIpc) is 2.93. The molecule has 2 fully saturated rings. The Kier molecular flexibility index (Phi) is 9.89. The number of ether oxygens (including phenoxy) is 2. The number of azide groups is 1. The topological polar surface area (TPSA) is 239 Å². The number of amides is 1. The van der Waals surface area contributed by atoms with Crippen molar-refractivity contribution in [2.75, 3.05) is 13.2 Å². The molecule has 2 aliphatic heterocycles. The quantitative estimate of drug-likeness (QED) is 0.0809. The van der Waals surface area contributed by atoms with Crippen molar-refractivity contribution in [3.63, 3.8) is 0 Å². The summed E-state index contributed by atoms with van der Waals surface area (Å²) in [6.45, 7) is 1.92. The summed E-state index contributed by atoms with van der Waals surface area (Å²) >= 11 is 0. The smallest absolute Gasteiger partial charge is 0.388 e. The highest BCUT2D eigenvalue weighted by Crippen LogP contribution is 2.61. The van der Waals surface area contributed by atoms with Crippen molar-refractivity contribution in [2.24, 2.45) is 11.0 Å². The molecule has 2 saturated heterocycles. The second-order valence-corrected chi connectivity index (χ2v) is 10.5. The molecule has 2 rings (SSSR count). The van der Waals surface area contributed by atoms with Crippen LogP contribution in [-0.4, -0.2) is 89.7 Å². The standard InChI is InChI=1S/C14H25BN4O12P2/c1-6-3-8(4-17-19-16)28-14(10(6)18-7(2)20)30-33(25,26)31-32(23,24)27-5-9-11(21)12(22)13(15)29-9/h6,8-14,21-22H,3-5H2,1-2H3,(H,18,20)(H,23,24)(H,25,26)/t6?,8?,9-,10?,11?,12?,13-,14?/m1/s1. The summed E-state index contributed by atoms with van der Waals surface area (Å²) in [4.78, 5) is 33.9. The van der Waals surface area contributed by atoms with Crippen molar-refractivity contribution in [1.29, 1.82) is 0 Å². The van der Waals surface area contributed by atoms with Crippen LogP contribution in [0.15, 0.2) is 5.11 Å². The van der Waals surface area contributed by atoms with Gasteiger partial charge in [0.1, 0.15) is 20.1 Å². The number of hydrogen-bond donors (Lipinski definition) is 5. The molecular weight excluding hydrogens is 489 g/mol. The molecule has 10 atom stereocenters. The Labute approximate surface area is 189 Å². The maximum Gasteiger partial charge on any atom is 0.483 e. The molecule has 0 aliphatic carbocycles. The highest BCUT2D eigenvalue weighted by atomic mass is 31.3. The van der Waals surface area contributed by atoms with E-state index in [1.807, 2.05) is 0 Å². The molecule has 2 radical (unpaired) electrons. The van der Waals surface area contributed by atoms with Crippen LogP contribution in [0.2, 0.25) is 0 Å². The van der Waals surface area contributed by atoms with Crippen molar-refractivity contribution >= 4 is 29.4 Å². The Balaban J connectivity index is 2.04. The van der Waals surface area contributed by atoms with Crippen molar-refractivity contribution in [3.8, 4) is 0 Å². The van der Waals surface area contributed by atoms with Crippen molar-refractivity contribution < 1.29 is 56.8 Å². The summed E-state index contributed by atoms with van der Waals surface area (Å²) in [7, 11) is -5.22. The lowest BCUT2D eigenvalue weighted by Crippen LogP contribution is -2.54. The minimum absolute atomic E-state index is 0.136. The summed E-state index contributed by atoms with van der Waals surface area (Å²) in [5.74, 6) is -0.877. The van der Waals surface area contributed by atoms with Gasteiger partial charge in [0.2, 0.25) is 5.91 Å². The van der Waals surface area contributed by atoms with Crippen LogP contribution >= 0.6 is 15.6 Å². The van der Waals surface area contributed by atoms with Gasteiger partial charge in [0, 0.05) is 17.8 Å². The Morgan fingerprint density at radius 2 is 1.94 bits per heavy atom. The first-order valence-electron chi connectivity index (χ1n) is 9.65. The second kappa shape index (κ2) is 11.6. The third-order valence-corrected chi connectivity index (χ3v) is 7.43. The number of nitrogens with zero attached hydrogens (tertiary/aromatic N) is 3. The van der Waals surface area contributed by atoms with Gasteiger partial charge in [-0.05, 0) is 17.9 Å². The van der Waals surface area contributed by atoms with Gasteiger partial charge in [-0.25, -0.2) is 9.13 Å². The molecule has 0 aromatic carbocycles. The predicted octanol–water partition coefficient (Wildman–Crippen LogP) is -0.582. The van der Waals surface area contributed by atoms with Gasteiger partial charge in [-0.15, -0.1) is 0 Å². The lowest BCUT2D eigenvalue weighted by Gasteiger charge is -2.40. The van der Waals surface area contributed by atoms with Gasteiger partial charge in [-0.1, -0.05) is 12.0 Å². The molecule has 33 heavy (non-hydrogen) atoms. The number of carbonyl (C=O) groups excluding carboxylic acids is 1. The molecule has 2 aliphatic rings. The van der Waals surface area contributed by atoms with Gasteiger partial charge in [0.15, 0.2) is 6.29 Å². The Morgan fingerprint density at radius 1 is 1.27 bits per heavy atom. The number of nitrogens with one attached hydrogen (secondary N) is 1. The molecule has 1 amide bonds. The maximum absolute atomic E-state index is 12.4. The van der Waals surface area contributed by atoms with Gasteiger partial charge in [-0.3, -0.25) is 13.8 Å². The number of phosphoric ester groups is 2. The number of hydrogen-bond acceptors (Lipinski definition) is 11. The molecule has 0 bridgehead atoms. The van der Waals surface area contributed by atoms with E-state index in [2.05, 4.69) is 24.2 Å². The van der Waals surface area contributed by atoms with Gasteiger partial charge < -0.3 is 34.8 Å². The molecular formula is C14H25BN4O12P2. The molecule has 0 saturated carbocycles. The fraction of sp³-hybridized carbons (Fsp3) is 0.929. The van der Waals surface area contributed by atoms with Crippen LogP contribution in [0.1, 0.15) is 20.3 Å². The average molecular weight is 514 g/mol. The largest absolute Gasteiger partial charge is 0.483 e. The highest BCUT2D eigenvalue weighted by molar-refractivity contribution is 7.61. The summed E-state index contributed by atoms with van der Waals surface area (Å²) in [6, 6.07) is -2.22. The first-order chi connectivity index (χ1) is 15.2. The first kappa shape index (κ1) is 28.2. The van der Waals surface area contributed by atoms with E-state index >= 15 is 0 Å². The summed E-state index contributed by atoms with van der Waals surface area (Å²) in [5, 5.41) is 25.1. The van der Waals surface area contributed by atoms with E-state index in [9.17, 15) is 33.9 Å². The highest BCUT2D eigenvalue weighted by Gasteiger charge is 2.46. The second-order valence-electron chi connectivity index (χ2n) is 7.52. The third-order valence-electron chi connectivity index (χ3n) is 4.83. The summed E-state index contributed by atoms with van der Waals surface area (Å²) in [6.07, 6.45) is -6.37. The monoisotopic (exact) mass is 514 g/mol. The van der Waals surface area contributed by atoms with Gasteiger partial charge >= 0.3 is 15.6 Å². The van der Waals surface area contributed by atoms with E-state index in [1.165, 1.54) is 6.92 Å². The number of phosphoric acid groups is 2. The Hall–Kier alpha value is -1.06. The predicted molar refractivity (Wildman–Crippen MR) is 108 cm³/mol. The molecule has 5 N–H and O–H groups in total.